The van der Waals surface area contributed by atoms with E-state index < -0.39 is 0 Å². The molecule has 2 N–H and O–H groups in total. The number of aryl methyl sites for hydroxylation is 1. The molecule has 0 bridgehead atoms. The van der Waals surface area contributed by atoms with Crippen LogP contribution in [0.15, 0.2) is 40.5 Å². The Morgan fingerprint density at radius 2 is 2.05 bits per heavy atom. The Bertz CT molecular complexity index is 804. The van der Waals surface area contributed by atoms with Crippen molar-refractivity contribution in [1.82, 2.24) is 15.3 Å². The topological polar surface area (TPSA) is 57.8 Å². The minimum atomic E-state index is -0.0604. The van der Waals surface area contributed by atoms with Gasteiger partial charge in [-0.2, -0.15) is 0 Å². The number of hydrogen-bond donors (Lipinski definition) is 2. The second-order valence-corrected chi connectivity index (χ2v) is 6.08. The summed E-state index contributed by atoms with van der Waals surface area (Å²) in [6.45, 7) is 4.72. The van der Waals surface area contributed by atoms with Gasteiger partial charge in [0.15, 0.2) is 0 Å². The van der Waals surface area contributed by atoms with E-state index in [1.807, 2.05) is 11.4 Å². The maximum atomic E-state index is 11.9. The Hall–Kier alpha value is -1.98. The van der Waals surface area contributed by atoms with Crippen molar-refractivity contribution in [3.63, 3.8) is 0 Å². The first-order valence-corrected chi connectivity index (χ1v) is 7.78. The maximum Gasteiger partial charge on any atom is 0.268 e. The molecular weight excluding hydrogens is 282 g/mol. The number of benzene rings is 1. The third-order valence-electron chi connectivity index (χ3n) is 3.52. The highest BCUT2D eigenvalue weighted by molar-refractivity contribution is 7.17. The van der Waals surface area contributed by atoms with E-state index in [4.69, 9.17) is 0 Å². The minimum Gasteiger partial charge on any atom is -0.308 e. The van der Waals surface area contributed by atoms with Crippen LogP contribution in [0.1, 0.15) is 29.9 Å². The molecule has 0 amide bonds. The lowest BCUT2D eigenvalue weighted by molar-refractivity contribution is 0.559. The van der Waals surface area contributed by atoms with Crippen molar-refractivity contribution in [2.75, 3.05) is 0 Å². The van der Waals surface area contributed by atoms with Crippen LogP contribution in [-0.2, 0) is 6.54 Å². The predicted molar refractivity (Wildman–Crippen MR) is 86.7 cm³/mol. The Morgan fingerprint density at radius 1 is 1.29 bits per heavy atom. The van der Waals surface area contributed by atoms with Gasteiger partial charge in [0.05, 0.1) is 12.1 Å². The molecule has 2 heterocycles. The molecule has 1 aromatic carbocycles. The largest absolute Gasteiger partial charge is 0.308 e. The number of thiophene rings is 1. The van der Waals surface area contributed by atoms with E-state index in [0.29, 0.717) is 17.1 Å². The highest BCUT2D eigenvalue weighted by atomic mass is 32.1. The summed E-state index contributed by atoms with van der Waals surface area (Å²) in [6, 6.07) is 10.5. The second kappa shape index (κ2) is 5.79. The van der Waals surface area contributed by atoms with Gasteiger partial charge in [0.2, 0.25) is 0 Å². The van der Waals surface area contributed by atoms with Gasteiger partial charge < -0.3 is 10.3 Å². The van der Waals surface area contributed by atoms with Gasteiger partial charge in [0, 0.05) is 6.04 Å². The molecule has 3 rings (SSSR count). The molecule has 0 aliphatic rings. The molecule has 0 saturated heterocycles. The minimum absolute atomic E-state index is 0.0604. The molecule has 0 saturated carbocycles. The van der Waals surface area contributed by atoms with Gasteiger partial charge in [0.25, 0.3) is 5.56 Å². The third kappa shape index (κ3) is 3.04. The summed E-state index contributed by atoms with van der Waals surface area (Å²) in [5, 5.41) is 5.28. The van der Waals surface area contributed by atoms with Gasteiger partial charge in [-0.25, -0.2) is 4.98 Å². The van der Waals surface area contributed by atoms with Gasteiger partial charge in [-0.1, -0.05) is 29.8 Å². The van der Waals surface area contributed by atoms with Gasteiger partial charge in [-0.3, -0.25) is 4.79 Å². The van der Waals surface area contributed by atoms with Crippen molar-refractivity contribution in [3.05, 3.63) is 63.0 Å². The van der Waals surface area contributed by atoms with Crippen LogP contribution in [0, 0.1) is 6.92 Å². The summed E-state index contributed by atoms with van der Waals surface area (Å²) < 4.78 is 0.685. The first-order valence-electron chi connectivity index (χ1n) is 6.90. The van der Waals surface area contributed by atoms with Crippen molar-refractivity contribution in [2.45, 2.75) is 26.4 Å². The molecule has 1 unspecified atom stereocenters. The molecule has 21 heavy (non-hydrogen) atoms. The fourth-order valence-corrected chi connectivity index (χ4v) is 2.95. The number of fused-ring (bicyclic) bond motifs is 1. The SMILES string of the molecule is Cc1ccc(C(C)NCc2nc3ccsc3c(=O)[nH]2)cc1. The molecule has 3 aromatic rings. The Kier molecular flexibility index (Phi) is 3.86. The monoisotopic (exact) mass is 299 g/mol. The van der Waals surface area contributed by atoms with Gasteiger partial charge >= 0.3 is 0 Å². The first-order chi connectivity index (χ1) is 10.1. The Balaban J connectivity index is 1.73. The molecule has 0 fully saturated rings. The molecule has 2 aromatic heterocycles. The number of nitrogens with zero attached hydrogens (tertiary/aromatic N) is 1. The van der Waals surface area contributed by atoms with E-state index in [0.717, 1.165) is 5.52 Å². The normalized spacial score (nSPS) is 12.7. The molecular formula is C16H17N3OS. The highest BCUT2D eigenvalue weighted by Gasteiger charge is 2.08. The molecule has 1 atom stereocenters. The molecule has 4 nitrogen and oxygen atoms in total. The van der Waals surface area contributed by atoms with Crippen LogP contribution in [0.4, 0.5) is 0 Å². The van der Waals surface area contributed by atoms with E-state index in [-0.39, 0.29) is 11.6 Å². The quantitative estimate of drug-likeness (QED) is 0.778. The summed E-state index contributed by atoms with van der Waals surface area (Å²) in [5.41, 5.74) is 3.18. The fraction of sp³-hybridized carbons (Fsp3) is 0.250. The van der Waals surface area contributed by atoms with Crippen LogP contribution in [0.25, 0.3) is 10.2 Å². The summed E-state index contributed by atoms with van der Waals surface area (Å²) in [7, 11) is 0. The van der Waals surface area contributed by atoms with Crippen LogP contribution in [0.5, 0.6) is 0 Å². The smallest absolute Gasteiger partial charge is 0.268 e. The zero-order chi connectivity index (χ0) is 14.8. The summed E-state index contributed by atoms with van der Waals surface area (Å²) in [4.78, 5) is 19.2. The van der Waals surface area contributed by atoms with E-state index in [9.17, 15) is 4.79 Å². The van der Waals surface area contributed by atoms with Crippen LogP contribution in [0.2, 0.25) is 0 Å². The summed E-state index contributed by atoms with van der Waals surface area (Å²) in [6.07, 6.45) is 0. The number of nitrogens with one attached hydrogen (secondary N) is 2. The first kappa shape index (κ1) is 14.0. The van der Waals surface area contributed by atoms with Crippen LogP contribution >= 0.6 is 11.3 Å². The van der Waals surface area contributed by atoms with E-state index in [2.05, 4.69) is 53.4 Å². The van der Waals surface area contributed by atoms with Crippen LogP contribution < -0.4 is 10.9 Å². The molecule has 0 aliphatic carbocycles. The van der Waals surface area contributed by atoms with Crippen molar-refractivity contribution in [1.29, 1.82) is 0 Å². The molecule has 5 heteroatoms. The number of aromatic amines is 1. The lowest BCUT2D eigenvalue weighted by atomic mass is 10.1. The average molecular weight is 299 g/mol. The van der Waals surface area contributed by atoms with Crippen LogP contribution in [0.3, 0.4) is 0 Å². The zero-order valence-corrected chi connectivity index (χ0v) is 12.8. The zero-order valence-electron chi connectivity index (χ0n) is 12.0. The number of rotatable bonds is 4. The molecule has 0 radical (unpaired) electrons. The lowest BCUT2D eigenvalue weighted by Crippen LogP contribution is -2.21. The third-order valence-corrected chi connectivity index (χ3v) is 4.42. The number of hydrogen-bond acceptors (Lipinski definition) is 4. The molecule has 0 aliphatic heterocycles. The summed E-state index contributed by atoms with van der Waals surface area (Å²) in [5.74, 6) is 0.671. The number of aromatic nitrogens is 2. The van der Waals surface area contributed by atoms with Crippen LogP contribution in [-0.4, -0.2) is 9.97 Å². The van der Waals surface area contributed by atoms with Crippen molar-refractivity contribution in [2.24, 2.45) is 0 Å². The fourth-order valence-electron chi connectivity index (χ4n) is 2.23. The lowest BCUT2D eigenvalue weighted by Gasteiger charge is -2.14. The molecule has 108 valence electrons. The molecule has 0 spiro atoms. The van der Waals surface area contributed by atoms with Gasteiger partial charge in [-0.15, -0.1) is 11.3 Å². The second-order valence-electron chi connectivity index (χ2n) is 5.16. The number of H-pyrrole nitrogens is 1. The van der Waals surface area contributed by atoms with Crippen molar-refractivity contribution >= 4 is 21.6 Å². The van der Waals surface area contributed by atoms with Crippen molar-refractivity contribution < 1.29 is 0 Å². The highest BCUT2D eigenvalue weighted by Crippen LogP contribution is 2.15. The maximum absolute atomic E-state index is 11.9. The van der Waals surface area contributed by atoms with E-state index in [1.165, 1.54) is 22.5 Å². The average Bonchev–Trinajstić information content (AvgIpc) is 2.94. The standard InChI is InChI=1S/C16H17N3OS/c1-10-3-5-12(6-4-10)11(2)17-9-14-18-13-7-8-21-15(13)16(20)19-14/h3-8,11,17H,9H2,1-2H3,(H,18,19,20). The summed E-state index contributed by atoms with van der Waals surface area (Å²) >= 11 is 1.42. The van der Waals surface area contributed by atoms with Gasteiger partial charge in [0.1, 0.15) is 10.5 Å². The Labute approximate surface area is 126 Å². The van der Waals surface area contributed by atoms with E-state index >= 15 is 0 Å². The predicted octanol–water partition coefficient (Wildman–Crippen LogP) is 3.14. The van der Waals surface area contributed by atoms with Crippen molar-refractivity contribution in [3.8, 4) is 0 Å². The van der Waals surface area contributed by atoms with Gasteiger partial charge in [-0.05, 0) is 30.9 Å². The van der Waals surface area contributed by atoms with E-state index in [1.54, 1.807) is 0 Å². The Morgan fingerprint density at radius 3 is 2.81 bits per heavy atom.